The van der Waals surface area contributed by atoms with E-state index in [1.165, 1.54) is 0 Å². The molecule has 1 fully saturated rings. The number of Topliss-reactive ketones (excluding diaryl/α,β-unsaturated/α-hetero) is 1. The number of aliphatic carboxylic acids is 1. The Labute approximate surface area is 111 Å². The maximum absolute atomic E-state index is 12.3. The second-order valence-corrected chi connectivity index (χ2v) is 5.15. The monoisotopic (exact) mass is 266 g/mol. The molecule has 1 aromatic rings. The number of hydrogen-bond acceptors (Lipinski definition) is 2. The lowest BCUT2D eigenvalue weighted by molar-refractivity contribution is -0.144. The van der Waals surface area contributed by atoms with Crippen molar-refractivity contribution in [1.29, 1.82) is 0 Å². The molecule has 18 heavy (non-hydrogen) atoms. The summed E-state index contributed by atoms with van der Waals surface area (Å²) in [6.07, 6.45) is 3.05. The summed E-state index contributed by atoms with van der Waals surface area (Å²) in [5.74, 6) is -1.92. The van der Waals surface area contributed by atoms with Gasteiger partial charge in [0.2, 0.25) is 0 Å². The molecule has 0 saturated heterocycles. The Kier molecular flexibility index (Phi) is 4.02. The van der Waals surface area contributed by atoms with Crippen LogP contribution in [0.25, 0.3) is 0 Å². The van der Waals surface area contributed by atoms with Crippen LogP contribution in [0.3, 0.4) is 0 Å². The SMILES string of the molecule is O=C(O)[C@@H]1CCCC[C@H]1C(=O)c1cccc(Cl)c1. The van der Waals surface area contributed by atoms with Gasteiger partial charge in [-0.3, -0.25) is 9.59 Å². The molecule has 96 valence electrons. The maximum atomic E-state index is 12.3. The molecule has 0 amide bonds. The van der Waals surface area contributed by atoms with Crippen LogP contribution in [0.4, 0.5) is 0 Å². The first-order valence-corrected chi connectivity index (χ1v) is 6.50. The van der Waals surface area contributed by atoms with Crippen molar-refractivity contribution in [2.45, 2.75) is 25.7 Å². The Morgan fingerprint density at radius 2 is 1.83 bits per heavy atom. The Hall–Kier alpha value is -1.35. The average molecular weight is 267 g/mol. The van der Waals surface area contributed by atoms with Gasteiger partial charge in [0.15, 0.2) is 5.78 Å². The van der Waals surface area contributed by atoms with E-state index < -0.39 is 17.8 Å². The molecule has 0 bridgehead atoms. The summed E-state index contributed by atoms with van der Waals surface area (Å²) in [5.41, 5.74) is 0.514. The molecule has 4 heteroatoms. The van der Waals surface area contributed by atoms with Crippen LogP contribution in [0.15, 0.2) is 24.3 Å². The molecule has 1 saturated carbocycles. The lowest BCUT2D eigenvalue weighted by atomic mass is 9.75. The zero-order chi connectivity index (χ0) is 13.1. The van der Waals surface area contributed by atoms with Crippen LogP contribution >= 0.6 is 11.6 Å². The van der Waals surface area contributed by atoms with E-state index in [9.17, 15) is 14.7 Å². The van der Waals surface area contributed by atoms with Gasteiger partial charge in [0.1, 0.15) is 0 Å². The molecule has 0 aromatic heterocycles. The Bertz CT molecular complexity index is 470. The average Bonchev–Trinajstić information content (AvgIpc) is 2.38. The lowest BCUT2D eigenvalue weighted by Crippen LogP contribution is -2.32. The van der Waals surface area contributed by atoms with Crippen LogP contribution in [-0.4, -0.2) is 16.9 Å². The minimum absolute atomic E-state index is 0.0930. The quantitative estimate of drug-likeness (QED) is 0.853. The van der Waals surface area contributed by atoms with Crippen LogP contribution < -0.4 is 0 Å². The lowest BCUT2D eigenvalue weighted by Gasteiger charge is -2.27. The molecule has 3 nitrogen and oxygen atoms in total. The molecule has 0 spiro atoms. The Morgan fingerprint density at radius 3 is 2.44 bits per heavy atom. The van der Waals surface area contributed by atoms with E-state index in [1.807, 2.05) is 0 Å². The number of ketones is 1. The zero-order valence-electron chi connectivity index (χ0n) is 9.93. The molecule has 2 rings (SSSR count). The molecule has 1 aliphatic rings. The molecule has 0 radical (unpaired) electrons. The summed E-state index contributed by atoms with van der Waals surface area (Å²) in [6, 6.07) is 6.72. The van der Waals surface area contributed by atoms with E-state index in [2.05, 4.69) is 0 Å². The summed E-state index contributed by atoms with van der Waals surface area (Å²) in [6.45, 7) is 0. The molecule has 0 unspecified atom stereocenters. The molecule has 1 aromatic carbocycles. The number of carboxylic acid groups (broad SMARTS) is 1. The molecule has 1 N–H and O–H groups in total. The first kappa shape index (κ1) is 13.1. The number of rotatable bonds is 3. The van der Waals surface area contributed by atoms with E-state index in [-0.39, 0.29) is 5.78 Å². The van der Waals surface area contributed by atoms with Gasteiger partial charge in [-0.2, -0.15) is 0 Å². The van der Waals surface area contributed by atoms with Crippen LogP contribution in [-0.2, 0) is 4.79 Å². The first-order chi connectivity index (χ1) is 8.59. The van der Waals surface area contributed by atoms with Crippen molar-refractivity contribution in [2.75, 3.05) is 0 Å². The predicted octanol–water partition coefficient (Wildman–Crippen LogP) is 3.41. The number of hydrogen-bond donors (Lipinski definition) is 1. The molecule has 0 aliphatic heterocycles. The number of carboxylic acids is 1. The van der Waals surface area contributed by atoms with Crippen LogP contribution in [0.1, 0.15) is 36.0 Å². The highest BCUT2D eigenvalue weighted by molar-refractivity contribution is 6.31. The van der Waals surface area contributed by atoms with Gasteiger partial charge in [-0.05, 0) is 25.0 Å². The van der Waals surface area contributed by atoms with Crippen LogP contribution in [0.2, 0.25) is 5.02 Å². The topological polar surface area (TPSA) is 54.4 Å². The minimum atomic E-state index is -0.866. The minimum Gasteiger partial charge on any atom is -0.481 e. The van der Waals surface area contributed by atoms with E-state index in [4.69, 9.17) is 11.6 Å². The van der Waals surface area contributed by atoms with Gasteiger partial charge in [0, 0.05) is 16.5 Å². The second kappa shape index (κ2) is 5.53. The van der Waals surface area contributed by atoms with Crippen molar-refractivity contribution >= 4 is 23.4 Å². The molecule has 0 heterocycles. The highest BCUT2D eigenvalue weighted by Gasteiger charge is 2.35. The van der Waals surface area contributed by atoms with Crippen molar-refractivity contribution in [3.63, 3.8) is 0 Å². The number of benzene rings is 1. The van der Waals surface area contributed by atoms with Crippen molar-refractivity contribution < 1.29 is 14.7 Å². The third kappa shape index (κ3) is 2.72. The molecule has 1 aliphatic carbocycles. The summed E-state index contributed by atoms with van der Waals surface area (Å²) < 4.78 is 0. The highest BCUT2D eigenvalue weighted by Crippen LogP contribution is 2.33. The van der Waals surface area contributed by atoms with Crippen molar-refractivity contribution in [3.05, 3.63) is 34.9 Å². The zero-order valence-corrected chi connectivity index (χ0v) is 10.7. The van der Waals surface area contributed by atoms with Gasteiger partial charge in [-0.1, -0.05) is 36.6 Å². The third-order valence-corrected chi connectivity index (χ3v) is 3.76. The van der Waals surface area contributed by atoms with Crippen molar-refractivity contribution in [1.82, 2.24) is 0 Å². The van der Waals surface area contributed by atoms with Crippen molar-refractivity contribution in [3.8, 4) is 0 Å². The van der Waals surface area contributed by atoms with Crippen molar-refractivity contribution in [2.24, 2.45) is 11.8 Å². The number of carbonyl (C=O) groups excluding carboxylic acids is 1. The fourth-order valence-electron chi connectivity index (χ4n) is 2.60. The van der Waals surface area contributed by atoms with Gasteiger partial charge >= 0.3 is 5.97 Å². The molecule has 2 atom stereocenters. The summed E-state index contributed by atoms with van der Waals surface area (Å²) in [5, 5.41) is 9.68. The third-order valence-electron chi connectivity index (χ3n) is 3.53. The number of halogens is 1. The summed E-state index contributed by atoms with van der Waals surface area (Å²) in [7, 11) is 0. The fraction of sp³-hybridized carbons (Fsp3) is 0.429. The first-order valence-electron chi connectivity index (χ1n) is 6.12. The van der Waals surface area contributed by atoms with Crippen LogP contribution in [0, 0.1) is 11.8 Å². The molecular weight excluding hydrogens is 252 g/mol. The van der Waals surface area contributed by atoms with E-state index in [0.717, 1.165) is 12.8 Å². The maximum Gasteiger partial charge on any atom is 0.307 e. The largest absolute Gasteiger partial charge is 0.481 e. The van der Waals surface area contributed by atoms with Gasteiger partial charge < -0.3 is 5.11 Å². The van der Waals surface area contributed by atoms with E-state index >= 15 is 0 Å². The smallest absolute Gasteiger partial charge is 0.307 e. The fourth-order valence-corrected chi connectivity index (χ4v) is 2.79. The van der Waals surface area contributed by atoms with Gasteiger partial charge in [-0.25, -0.2) is 0 Å². The van der Waals surface area contributed by atoms with E-state index in [1.54, 1.807) is 24.3 Å². The summed E-state index contributed by atoms with van der Waals surface area (Å²) >= 11 is 5.86. The van der Waals surface area contributed by atoms with E-state index in [0.29, 0.717) is 23.4 Å². The van der Waals surface area contributed by atoms with Crippen LogP contribution in [0.5, 0.6) is 0 Å². The normalized spacial score (nSPS) is 23.6. The van der Waals surface area contributed by atoms with Gasteiger partial charge in [0.05, 0.1) is 5.92 Å². The second-order valence-electron chi connectivity index (χ2n) is 4.71. The Balaban J connectivity index is 2.23. The van der Waals surface area contributed by atoms with Gasteiger partial charge in [-0.15, -0.1) is 0 Å². The highest BCUT2D eigenvalue weighted by atomic mass is 35.5. The summed E-state index contributed by atoms with van der Waals surface area (Å²) in [4.78, 5) is 23.5. The molecular formula is C14H15ClO3. The Morgan fingerprint density at radius 1 is 1.17 bits per heavy atom. The standard InChI is InChI=1S/C14H15ClO3/c15-10-5-3-4-9(8-10)13(16)11-6-1-2-7-12(11)14(17)18/h3-5,8,11-12H,1-2,6-7H2,(H,17,18)/t11-,12-/m1/s1. The van der Waals surface area contributed by atoms with Gasteiger partial charge in [0.25, 0.3) is 0 Å². The predicted molar refractivity (Wildman–Crippen MR) is 68.9 cm³/mol. The number of carbonyl (C=O) groups is 2.